The van der Waals surface area contributed by atoms with E-state index >= 15 is 0 Å². The number of rotatable bonds is 3. The van der Waals surface area contributed by atoms with E-state index in [1.54, 1.807) is 0 Å². The Morgan fingerprint density at radius 2 is 2.06 bits per heavy atom. The molecular formula is C14H20O4. The lowest BCUT2D eigenvalue weighted by Crippen LogP contribution is -2.40. The molecule has 2 atom stereocenters. The van der Waals surface area contributed by atoms with Gasteiger partial charge in [0, 0.05) is 18.8 Å². The van der Waals surface area contributed by atoms with E-state index in [1.807, 2.05) is 13.8 Å². The van der Waals surface area contributed by atoms with Crippen LogP contribution in [0.4, 0.5) is 0 Å². The van der Waals surface area contributed by atoms with Gasteiger partial charge in [0.15, 0.2) is 0 Å². The fraction of sp³-hybridized carbons (Fsp3) is 0.786. The molecule has 1 heterocycles. The number of esters is 1. The minimum atomic E-state index is -0.647. The summed E-state index contributed by atoms with van der Waals surface area (Å²) in [5.41, 5.74) is -1.06. The fourth-order valence-corrected chi connectivity index (χ4v) is 3.56. The highest BCUT2D eigenvalue weighted by Crippen LogP contribution is 2.59. The van der Waals surface area contributed by atoms with Crippen molar-refractivity contribution in [2.24, 2.45) is 16.7 Å². The minimum Gasteiger partial charge on any atom is -0.465 e. The van der Waals surface area contributed by atoms with Gasteiger partial charge in [-0.25, -0.2) is 0 Å². The van der Waals surface area contributed by atoms with E-state index in [1.165, 1.54) is 6.92 Å². The van der Waals surface area contributed by atoms with Crippen molar-refractivity contribution in [3.05, 3.63) is 0 Å². The van der Waals surface area contributed by atoms with Crippen LogP contribution in [0.1, 0.15) is 46.5 Å². The second-order valence-corrected chi connectivity index (χ2v) is 6.13. The van der Waals surface area contributed by atoms with Crippen molar-refractivity contribution in [3.8, 4) is 0 Å². The molecule has 1 aliphatic carbocycles. The number of carbonyl (C=O) groups is 3. The lowest BCUT2D eigenvalue weighted by atomic mass is 9.63. The maximum Gasteiger partial charge on any atom is 0.313 e. The Kier molecular flexibility index (Phi) is 3.07. The first-order chi connectivity index (χ1) is 8.31. The van der Waals surface area contributed by atoms with Crippen LogP contribution < -0.4 is 0 Å². The second kappa shape index (κ2) is 4.18. The van der Waals surface area contributed by atoms with Gasteiger partial charge in [-0.2, -0.15) is 0 Å². The molecule has 4 heteroatoms. The summed E-state index contributed by atoms with van der Waals surface area (Å²) in [5, 5.41) is 0. The highest BCUT2D eigenvalue weighted by molar-refractivity contribution is 5.95. The number of ketones is 2. The summed E-state index contributed by atoms with van der Waals surface area (Å²) >= 11 is 0. The molecule has 1 saturated carbocycles. The molecule has 100 valence electrons. The van der Waals surface area contributed by atoms with E-state index in [2.05, 4.69) is 0 Å². The molecule has 0 amide bonds. The van der Waals surface area contributed by atoms with Crippen molar-refractivity contribution in [1.29, 1.82) is 0 Å². The van der Waals surface area contributed by atoms with Crippen LogP contribution in [0.3, 0.4) is 0 Å². The van der Waals surface area contributed by atoms with Crippen molar-refractivity contribution >= 4 is 17.5 Å². The highest BCUT2D eigenvalue weighted by Gasteiger charge is 2.64. The zero-order valence-electron chi connectivity index (χ0n) is 11.2. The Balaban J connectivity index is 2.26. The smallest absolute Gasteiger partial charge is 0.313 e. The number of hydrogen-bond donors (Lipinski definition) is 0. The topological polar surface area (TPSA) is 60.4 Å². The maximum absolute atomic E-state index is 12.2. The Labute approximate surface area is 107 Å². The van der Waals surface area contributed by atoms with Gasteiger partial charge in [0.1, 0.15) is 11.6 Å². The van der Waals surface area contributed by atoms with Gasteiger partial charge >= 0.3 is 5.97 Å². The molecule has 0 N–H and O–H groups in total. The van der Waals surface area contributed by atoms with Crippen molar-refractivity contribution < 1.29 is 19.1 Å². The normalized spacial score (nSPS) is 34.1. The van der Waals surface area contributed by atoms with Crippen LogP contribution in [-0.2, 0) is 19.1 Å². The molecule has 1 spiro atoms. The molecule has 2 rings (SSSR count). The molecule has 0 aromatic rings. The summed E-state index contributed by atoms with van der Waals surface area (Å²) in [6.45, 7) is 5.88. The van der Waals surface area contributed by atoms with Crippen LogP contribution in [0.2, 0.25) is 0 Å². The van der Waals surface area contributed by atoms with Crippen LogP contribution in [0.25, 0.3) is 0 Å². The van der Waals surface area contributed by atoms with E-state index < -0.39 is 10.8 Å². The number of carbonyl (C=O) groups excluding carboxylic acids is 3. The molecular weight excluding hydrogens is 232 g/mol. The first kappa shape index (κ1) is 13.2. The average Bonchev–Trinajstić information content (AvgIpc) is 2.68. The van der Waals surface area contributed by atoms with E-state index in [9.17, 15) is 14.4 Å². The van der Waals surface area contributed by atoms with Gasteiger partial charge in [0.25, 0.3) is 0 Å². The Morgan fingerprint density at radius 1 is 1.39 bits per heavy atom. The quantitative estimate of drug-likeness (QED) is 0.720. The first-order valence-corrected chi connectivity index (χ1v) is 6.50. The molecule has 0 aromatic heterocycles. The van der Waals surface area contributed by atoms with Crippen molar-refractivity contribution in [1.82, 2.24) is 0 Å². The molecule has 18 heavy (non-hydrogen) atoms. The average molecular weight is 252 g/mol. The van der Waals surface area contributed by atoms with Gasteiger partial charge in [0.2, 0.25) is 0 Å². The van der Waals surface area contributed by atoms with Crippen molar-refractivity contribution in [2.75, 3.05) is 6.61 Å². The summed E-state index contributed by atoms with van der Waals surface area (Å²) < 4.78 is 5.09. The molecule has 0 radical (unpaired) electrons. The predicted octanol–water partition coefficient (Wildman–Crippen LogP) is 1.90. The molecule has 0 bridgehead atoms. The number of Topliss-reactive ketones (excluding diaryl/α,β-unsaturated/α-hetero) is 2. The zero-order valence-corrected chi connectivity index (χ0v) is 11.2. The molecule has 2 aliphatic rings. The SMILES string of the molecule is CC(=O)CC[C@@H]1C(=O)C[C@]2(CCOC2=O)C1(C)C. The van der Waals surface area contributed by atoms with Crippen LogP contribution in [0.5, 0.6) is 0 Å². The third kappa shape index (κ3) is 1.70. The lowest BCUT2D eigenvalue weighted by molar-refractivity contribution is -0.151. The summed E-state index contributed by atoms with van der Waals surface area (Å²) in [4.78, 5) is 35.3. The molecule has 0 unspecified atom stereocenters. The number of ether oxygens (including phenoxy) is 1. The Morgan fingerprint density at radius 3 is 2.56 bits per heavy atom. The summed E-state index contributed by atoms with van der Waals surface area (Å²) in [6, 6.07) is 0. The van der Waals surface area contributed by atoms with E-state index in [-0.39, 0.29) is 29.9 Å². The van der Waals surface area contributed by atoms with Crippen LogP contribution >= 0.6 is 0 Å². The maximum atomic E-state index is 12.2. The molecule has 1 aliphatic heterocycles. The molecule has 2 fully saturated rings. The third-order valence-corrected chi connectivity index (χ3v) is 4.91. The van der Waals surface area contributed by atoms with Gasteiger partial charge in [-0.1, -0.05) is 13.8 Å². The van der Waals surface area contributed by atoms with Gasteiger partial charge in [-0.05, 0) is 25.2 Å². The van der Waals surface area contributed by atoms with Crippen molar-refractivity contribution in [2.45, 2.75) is 46.5 Å². The van der Waals surface area contributed by atoms with Gasteiger partial charge in [-0.3, -0.25) is 9.59 Å². The van der Waals surface area contributed by atoms with Gasteiger partial charge in [0.05, 0.1) is 12.0 Å². The van der Waals surface area contributed by atoms with E-state index in [0.717, 1.165) is 0 Å². The van der Waals surface area contributed by atoms with Gasteiger partial charge in [-0.15, -0.1) is 0 Å². The van der Waals surface area contributed by atoms with E-state index in [0.29, 0.717) is 25.9 Å². The zero-order chi connectivity index (χ0) is 13.6. The molecule has 0 aromatic carbocycles. The van der Waals surface area contributed by atoms with E-state index in [4.69, 9.17) is 4.74 Å². The summed E-state index contributed by atoms with van der Waals surface area (Å²) in [7, 11) is 0. The van der Waals surface area contributed by atoms with Crippen LogP contribution in [0.15, 0.2) is 0 Å². The first-order valence-electron chi connectivity index (χ1n) is 6.50. The lowest BCUT2D eigenvalue weighted by Gasteiger charge is -2.37. The summed E-state index contributed by atoms with van der Waals surface area (Å²) in [6.07, 6.45) is 1.86. The highest BCUT2D eigenvalue weighted by atomic mass is 16.5. The van der Waals surface area contributed by atoms with Crippen LogP contribution in [0, 0.1) is 16.7 Å². The Hall–Kier alpha value is -1.19. The third-order valence-electron chi connectivity index (χ3n) is 4.91. The van der Waals surface area contributed by atoms with Crippen LogP contribution in [-0.4, -0.2) is 24.1 Å². The predicted molar refractivity (Wildman–Crippen MR) is 64.8 cm³/mol. The fourth-order valence-electron chi connectivity index (χ4n) is 3.56. The summed E-state index contributed by atoms with van der Waals surface area (Å²) in [5.74, 6) is -0.230. The number of hydrogen-bond acceptors (Lipinski definition) is 4. The monoisotopic (exact) mass is 252 g/mol. The second-order valence-electron chi connectivity index (χ2n) is 6.13. The molecule has 1 saturated heterocycles. The largest absolute Gasteiger partial charge is 0.465 e. The van der Waals surface area contributed by atoms with Gasteiger partial charge < -0.3 is 9.53 Å². The Bertz CT molecular complexity index is 410. The standard InChI is InChI=1S/C14H20O4/c1-9(15)4-5-10-11(16)8-14(13(10,2)3)6-7-18-12(14)17/h10H,4-8H2,1-3H3/t10-,14+/m1/s1. The minimum absolute atomic E-state index is 0.0912. The molecule has 4 nitrogen and oxygen atoms in total. The van der Waals surface area contributed by atoms with Crippen molar-refractivity contribution in [3.63, 3.8) is 0 Å². The number of cyclic esters (lactones) is 1.